The molecule has 100 valence electrons. The Hall–Kier alpha value is -1.33. The first-order chi connectivity index (χ1) is 9.02. The van der Waals surface area contributed by atoms with Crippen LogP contribution in [-0.2, 0) is 6.42 Å². The van der Waals surface area contributed by atoms with Crippen LogP contribution >= 0.6 is 15.9 Å². The summed E-state index contributed by atoms with van der Waals surface area (Å²) in [6.45, 7) is 4.47. The quantitative estimate of drug-likeness (QED) is 0.943. The predicted molar refractivity (Wildman–Crippen MR) is 77.4 cm³/mol. The minimum Gasteiger partial charge on any atom is -0.330 e. The molecule has 1 heterocycles. The fraction of sp³-hybridized carbons (Fsp3) is 0.286. The Morgan fingerprint density at radius 2 is 1.84 bits per heavy atom. The smallest absolute Gasteiger partial charge is 0.159 e. The summed E-state index contributed by atoms with van der Waals surface area (Å²) in [6.07, 6.45) is 0.769. The van der Waals surface area contributed by atoms with E-state index in [2.05, 4.69) is 25.9 Å². The summed E-state index contributed by atoms with van der Waals surface area (Å²) in [7, 11) is 0. The van der Waals surface area contributed by atoms with Crippen LogP contribution in [0.4, 0.5) is 4.39 Å². The minimum atomic E-state index is -0.294. The van der Waals surface area contributed by atoms with Crippen molar-refractivity contribution in [2.24, 2.45) is 5.73 Å². The summed E-state index contributed by atoms with van der Waals surface area (Å²) < 4.78 is 13.6. The van der Waals surface area contributed by atoms with Gasteiger partial charge in [-0.05, 0) is 66.5 Å². The van der Waals surface area contributed by atoms with Crippen molar-refractivity contribution in [3.63, 3.8) is 0 Å². The van der Waals surface area contributed by atoms with E-state index in [0.29, 0.717) is 16.8 Å². The Kier molecular flexibility index (Phi) is 4.27. The van der Waals surface area contributed by atoms with Crippen molar-refractivity contribution in [1.82, 2.24) is 9.97 Å². The van der Waals surface area contributed by atoms with Crippen molar-refractivity contribution in [2.45, 2.75) is 20.3 Å². The van der Waals surface area contributed by atoms with E-state index in [1.165, 1.54) is 6.07 Å². The molecule has 3 nitrogen and oxygen atoms in total. The summed E-state index contributed by atoms with van der Waals surface area (Å²) in [6, 6.07) is 4.77. The summed E-state index contributed by atoms with van der Waals surface area (Å²) in [5, 5.41) is 0. The van der Waals surface area contributed by atoms with E-state index >= 15 is 0 Å². The molecule has 0 saturated carbocycles. The number of aromatic nitrogens is 2. The van der Waals surface area contributed by atoms with Crippen LogP contribution in [0.15, 0.2) is 22.7 Å². The molecule has 0 saturated heterocycles. The number of hydrogen-bond acceptors (Lipinski definition) is 3. The zero-order valence-corrected chi connectivity index (χ0v) is 12.5. The number of hydrogen-bond donors (Lipinski definition) is 1. The second kappa shape index (κ2) is 5.75. The average molecular weight is 324 g/mol. The molecule has 0 aliphatic carbocycles. The lowest BCUT2D eigenvalue weighted by Crippen LogP contribution is -2.09. The second-order valence-electron chi connectivity index (χ2n) is 4.36. The third-order valence-electron chi connectivity index (χ3n) is 2.99. The number of nitrogens with two attached hydrogens (primary N) is 1. The van der Waals surface area contributed by atoms with Gasteiger partial charge in [0.25, 0.3) is 0 Å². The molecule has 2 N–H and O–H groups in total. The van der Waals surface area contributed by atoms with Gasteiger partial charge >= 0.3 is 0 Å². The molecule has 5 heteroatoms. The highest BCUT2D eigenvalue weighted by molar-refractivity contribution is 9.10. The van der Waals surface area contributed by atoms with Crippen molar-refractivity contribution >= 4 is 15.9 Å². The van der Waals surface area contributed by atoms with Gasteiger partial charge in [-0.2, -0.15) is 0 Å². The van der Waals surface area contributed by atoms with E-state index in [1.807, 2.05) is 13.8 Å². The third kappa shape index (κ3) is 2.98. The summed E-state index contributed by atoms with van der Waals surface area (Å²) in [5.74, 6) is 0.313. The van der Waals surface area contributed by atoms with Crippen LogP contribution in [0.5, 0.6) is 0 Å². The highest BCUT2D eigenvalue weighted by Gasteiger charge is 2.10. The molecule has 0 atom stereocenters. The maximum absolute atomic E-state index is 13.2. The molecule has 0 radical (unpaired) electrons. The molecule has 0 amide bonds. The maximum atomic E-state index is 13.2. The Morgan fingerprint density at radius 3 is 2.37 bits per heavy atom. The maximum Gasteiger partial charge on any atom is 0.159 e. The van der Waals surface area contributed by atoms with E-state index in [4.69, 9.17) is 5.73 Å². The summed E-state index contributed by atoms with van der Waals surface area (Å²) in [4.78, 5) is 8.97. The van der Waals surface area contributed by atoms with Gasteiger partial charge in [-0.3, -0.25) is 0 Å². The largest absolute Gasteiger partial charge is 0.330 e. The topological polar surface area (TPSA) is 51.8 Å². The Labute approximate surface area is 120 Å². The Morgan fingerprint density at radius 1 is 1.21 bits per heavy atom. The lowest BCUT2D eigenvalue weighted by atomic mass is 10.1. The highest BCUT2D eigenvalue weighted by atomic mass is 79.9. The van der Waals surface area contributed by atoms with Gasteiger partial charge in [0.05, 0.1) is 4.47 Å². The number of rotatable bonds is 3. The van der Waals surface area contributed by atoms with E-state index in [9.17, 15) is 4.39 Å². The molecule has 1 aromatic heterocycles. The fourth-order valence-electron chi connectivity index (χ4n) is 2.01. The molecule has 0 spiro atoms. The van der Waals surface area contributed by atoms with Gasteiger partial charge in [-0.15, -0.1) is 0 Å². The molecule has 0 aliphatic heterocycles. The van der Waals surface area contributed by atoms with Crippen molar-refractivity contribution in [3.8, 4) is 11.4 Å². The Bertz CT molecular complexity index is 591. The lowest BCUT2D eigenvalue weighted by molar-refractivity contribution is 0.621. The molecule has 2 aromatic rings. The zero-order valence-electron chi connectivity index (χ0n) is 10.9. The standard InChI is InChI=1S/C14H15BrFN3/c1-8-11(5-6-17)9(2)19-14(18-8)10-3-4-13(16)12(15)7-10/h3-4,7H,5-6,17H2,1-2H3. The van der Waals surface area contributed by atoms with Crippen molar-refractivity contribution in [2.75, 3.05) is 6.54 Å². The normalized spacial score (nSPS) is 10.8. The molecular formula is C14H15BrFN3. The van der Waals surface area contributed by atoms with E-state index in [1.54, 1.807) is 12.1 Å². The van der Waals surface area contributed by atoms with Crippen LogP contribution in [0, 0.1) is 19.7 Å². The van der Waals surface area contributed by atoms with Crippen LogP contribution in [0.25, 0.3) is 11.4 Å². The molecule has 0 unspecified atom stereocenters. The molecule has 0 fully saturated rings. The van der Waals surface area contributed by atoms with Crippen LogP contribution in [0.3, 0.4) is 0 Å². The average Bonchev–Trinajstić information content (AvgIpc) is 2.37. The second-order valence-corrected chi connectivity index (χ2v) is 5.22. The van der Waals surface area contributed by atoms with Crippen molar-refractivity contribution in [3.05, 3.63) is 45.4 Å². The van der Waals surface area contributed by atoms with Gasteiger partial charge in [0.2, 0.25) is 0 Å². The first-order valence-electron chi connectivity index (χ1n) is 6.02. The number of halogens is 2. The van der Waals surface area contributed by atoms with Gasteiger partial charge in [0.1, 0.15) is 5.82 Å². The van der Waals surface area contributed by atoms with Gasteiger partial charge in [0.15, 0.2) is 5.82 Å². The molecule has 1 aromatic carbocycles. The van der Waals surface area contributed by atoms with Crippen molar-refractivity contribution in [1.29, 1.82) is 0 Å². The minimum absolute atomic E-state index is 0.294. The molecule has 0 bridgehead atoms. The molecule has 19 heavy (non-hydrogen) atoms. The van der Waals surface area contributed by atoms with Gasteiger partial charge in [-0.25, -0.2) is 14.4 Å². The predicted octanol–water partition coefficient (Wildman–Crippen LogP) is 3.16. The SMILES string of the molecule is Cc1nc(-c2ccc(F)c(Br)c2)nc(C)c1CCN. The highest BCUT2D eigenvalue weighted by Crippen LogP contribution is 2.24. The molecule has 0 aliphatic rings. The Balaban J connectivity index is 2.48. The van der Waals surface area contributed by atoms with E-state index < -0.39 is 0 Å². The molecule has 2 rings (SSSR count). The van der Waals surface area contributed by atoms with Gasteiger partial charge in [-0.1, -0.05) is 0 Å². The van der Waals surface area contributed by atoms with Crippen LogP contribution in [0.1, 0.15) is 17.0 Å². The lowest BCUT2D eigenvalue weighted by Gasteiger charge is -2.10. The van der Waals surface area contributed by atoms with Crippen LogP contribution in [0.2, 0.25) is 0 Å². The number of nitrogens with zero attached hydrogens (tertiary/aromatic N) is 2. The van der Waals surface area contributed by atoms with Crippen LogP contribution < -0.4 is 5.73 Å². The van der Waals surface area contributed by atoms with Gasteiger partial charge < -0.3 is 5.73 Å². The van der Waals surface area contributed by atoms with Gasteiger partial charge in [0, 0.05) is 17.0 Å². The zero-order chi connectivity index (χ0) is 14.0. The first-order valence-corrected chi connectivity index (χ1v) is 6.82. The summed E-state index contributed by atoms with van der Waals surface area (Å²) in [5.41, 5.74) is 9.31. The van der Waals surface area contributed by atoms with Crippen LogP contribution in [-0.4, -0.2) is 16.5 Å². The number of benzene rings is 1. The molecular weight excluding hydrogens is 309 g/mol. The third-order valence-corrected chi connectivity index (χ3v) is 3.60. The number of aryl methyl sites for hydroxylation is 2. The van der Waals surface area contributed by atoms with E-state index in [-0.39, 0.29) is 5.82 Å². The summed E-state index contributed by atoms with van der Waals surface area (Å²) >= 11 is 3.17. The first kappa shape index (κ1) is 14.1. The van der Waals surface area contributed by atoms with Crippen molar-refractivity contribution < 1.29 is 4.39 Å². The monoisotopic (exact) mass is 323 g/mol. The van der Waals surface area contributed by atoms with E-state index in [0.717, 1.165) is 28.9 Å². The fourth-order valence-corrected chi connectivity index (χ4v) is 2.39.